The molecule has 8 heteroatoms. The van der Waals surface area contributed by atoms with Gasteiger partial charge in [-0.15, -0.1) is 0 Å². The van der Waals surface area contributed by atoms with Crippen LogP contribution >= 0.6 is 39.1 Å². The molecule has 0 aliphatic rings. The first kappa shape index (κ1) is 16.6. The van der Waals surface area contributed by atoms with Crippen LogP contribution < -0.4 is 9.88 Å². The summed E-state index contributed by atoms with van der Waals surface area (Å²) < 4.78 is 29.1. The summed E-state index contributed by atoms with van der Waals surface area (Å²) in [5.41, 5.74) is 0.917. The zero-order valence-electron chi connectivity index (χ0n) is 10.5. The van der Waals surface area contributed by atoms with Crippen molar-refractivity contribution >= 4 is 49.2 Å². The molecule has 4 nitrogen and oxygen atoms in total. The van der Waals surface area contributed by atoms with Crippen LogP contribution in [-0.2, 0) is 16.6 Å². The van der Waals surface area contributed by atoms with Crippen LogP contribution in [0.3, 0.4) is 0 Å². The van der Waals surface area contributed by atoms with Crippen molar-refractivity contribution in [2.24, 2.45) is 5.14 Å². The van der Waals surface area contributed by atoms with Gasteiger partial charge in [0.15, 0.2) is 0 Å². The molecule has 0 aliphatic carbocycles. The van der Waals surface area contributed by atoms with Crippen molar-refractivity contribution in [1.82, 2.24) is 0 Å². The Labute approximate surface area is 141 Å². The molecule has 0 bridgehead atoms. The van der Waals surface area contributed by atoms with Gasteiger partial charge >= 0.3 is 0 Å². The summed E-state index contributed by atoms with van der Waals surface area (Å²) in [6, 6.07) is 10.2. The number of hydrogen-bond donors (Lipinski definition) is 1. The number of rotatable bonds is 4. The van der Waals surface area contributed by atoms with Gasteiger partial charge < -0.3 is 4.74 Å². The maximum Gasteiger partial charge on any atom is 0.239 e. The fourth-order valence-corrected chi connectivity index (χ4v) is 3.38. The molecule has 2 rings (SSSR count). The fourth-order valence-electron chi connectivity index (χ4n) is 1.62. The molecule has 0 aromatic heterocycles. The number of halogens is 3. The van der Waals surface area contributed by atoms with Crippen molar-refractivity contribution in [3.8, 4) is 5.75 Å². The van der Waals surface area contributed by atoms with E-state index in [1.807, 2.05) is 24.3 Å². The molecule has 0 saturated carbocycles. The Bertz CT molecular complexity index is 781. The summed E-state index contributed by atoms with van der Waals surface area (Å²) in [7, 11) is -3.93. The quantitative estimate of drug-likeness (QED) is 0.828. The summed E-state index contributed by atoms with van der Waals surface area (Å²) in [6.07, 6.45) is 0. The van der Waals surface area contributed by atoms with Crippen molar-refractivity contribution in [3.05, 3.63) is 56.5 Å². The molecule has 0 unspecified atom stereocenters. The normalized spacial score (nSPS) is 11.4. The Morgan fingerprint density at radius 3 is 2.38 bits per heavy atom. The maximum atomic E-state index is 11.3. The van der Waals surface area contributed by atoms with Crippen LogP contribution in [0.5, 0.6) is 5.75 Å². The lowest BCUT2D eigenvalue weighted by atomic mass is 10.2. The average Bonchev–Trinajstić information content (AvgIpc) is 2.40. The Hall–Kier alpha value is -0.790. The zero-order valence-corrected chi connectivity index (χ0v) is 14.4. The van der Waals surface area contributed by atoms with Crippen LogP contribution in [0, 0.1) is 0 Å². The number of primary sulfonamides is 1. The predicted molar refractivity (Wildman–Crippen MR) is 86.3 cm³/mol. The van der Waals surface area contributed by atoms with Gasteiger partial charge in [-0.2, -0.15) is 0 Å². The summed E-state index contributed by atoms with van der Waals surface area (Å²) >= 11 is 15.3. The molecule has 112 valence electrons. The number of sulfonamides is 1. The van der Waals surface area contributed by atoms with Gasteiger partial charge in [-0.05, 0) is 18.2 Å². The molecule has 0 heterocycles. The van der Waals surface area contributed by atoms with Gasteiger partial charge in [0.25, 0.3) is 0 Å². The van der Waals surface area contributed by atoms with Gasteiger partial charge in [-0.25, -0.2) is 13.6 Å². The minimum Gasteiger partial charge on any atom is -0.487 e. The minimum atomic E-state index is -3.93. The largest absolute Gasteiger partial charge is 0.487 e. The molecular weight excluding hydrogens is 401 g/mol. The Balaban J connectivity index is 2.27. The van der Waals surface area contributed by atoms with E-state index in [9.17, 15) is 8.42 Å². The summed E-state index contributed by atoms with van der Waals surface area (Å²) in [4.78, 5) is -0.234. The molecule has 0 spiro atoms. The smallest absolute Gasteiger partial charge is 0.239 e. The lowest BCUT2D eigenvalue weighted by Gasteiger charge is -2.12. The monoisotopic (exact) mass is 409 g/mol. The van der Waals surface area contributed by atoms with E-state index < -0.39 is 10.0 Å². The number of ether oxygens (including phenoxy) is 1. The third kappa shape index (κ3) is 3.90. The Morgan fingerprint density at radius 1 is 1.10 bits per heavy atom. The molecule has 0 fully saturated rings. The molecular formula is C13H10BrCl2NO3S. The fraction of sp³-hybridized carbons (Fsp3) is 0.0769. The lowest BCUT2D eigenvalue weighted by molar-refractivity contribution is 0.305. The minimum absolute atomic E-state index is 0.00949. The molecule has 0 amide bonds. The van der Waals surface area contributed by atoms with Crippen LogP contribution in [-0.4, -0.2) is 8.42 Å². The standard InChI is InChI=1S/C13H10BrCl2NO3S/c14-9-4-2-1-3-8(9)7-20-10-5-6-11(21(17,18)19)13(16)12(10)15/h1-6H,7H2,(H2,17,18,19). The molecule has 2 N–H and O–H groups in total. The van der Waals surface area contributed by atoms with E-state index in [-0.39, 0.29) is 27.3 Å². The molecule has 2 aromatic carbocycles. The van der Waals surface area contributed by atoms with E-state index in [2.05, 4.69) is 15.9 Å². The molecule has 0 radical (unpaired) electrons. The van der Waals surface area contributed by atoms with Crippen molar-refractivity contribution in [3.63, 3.8) is 0 Å². The van der Waals surface area contributed by atoms with Gasteiger partial charge in [-0.3, -0.25) is 0 Å². The summed E-state index contributed by atoms with van der Waals surface area (Å²) in [5, 5.41) is 4.90. The van der Waals surface area contributed by atoms with E-state index in [4.69, 9.17) is 33.1 Å². The SMILES string of the molecule is NS(=O)(=O)c1ccc(OCc2ccccc2Br)c(Cl)c1Cl. The first-order valence-corrected chi connectivity index (χ1v) is 8.77. The molecule has 2 aromatic rings. The van der Waals surface area contributed by atoms with Crippen LogP contribution in [0.2, 0.25) is 10.0 Å². The number of hydrogen-bond acceptors (Lipinski definition) is 3. The van der Waals surface area contributed by atoms with Crippen molar-refractivity contribution in [2.45, 2.75) is 11.5 Å². The van der Waals surface area contributed by atoms with Crippen molar-refractivity contribution in [2.75, 3.05) is 0 Å². The van der Waals surface area contributed by atoms with E-state index in [0.717, 1.165) is 10.0 Å². The topological polar surface area (TPSA) is 69.4 Å². The molecule has 0 saturated heterocycles. The van der Waals surface area contributed by atoms with Crippen LogP contribution in [0.15, 0.2) is 45.8 Å². The van der Waals surface area contributed by atoms with E-state index in [0.29, 0.717) is 0 Å². The van der Waals surface area contributed by atoms with E-state index in [1.165, 1.54) is 12.1 Å². The van der Waals surface area contributed by atoms with Crippen molar-refractivity contribution in [1.29, 1.82) is 0 Å². The third-order valence-electron chi connectivity index (χ3n) is 2.66. The average molecular weight is 411 g/mol. The predicted octanol–water partition coefficient (Wildman–Crippen LogP) is 3.98. The highest BCUT2D eigenvalue weighted by Crippen LogP contribution is 2.36. The molecule has 0 aliphatic heterocycles. The second-order valence-electron chi connectivity index (χ2n) is 4.11. The highest BCUT2D eigenvalue weighted by Gasteiger charge is 2.18. The highest BCUT2D eigenvalue weighted by molar-refractivity contribution is 9.10. The number of benzene rings is 2. The van der Waals surface area contributed by atoms with E-state index >= 15 is 0 Å². The Kier molecular flexibility index (Phi) is 5.16. The van der Waals surface area contributed by atoms with Crippen molar-refractivity contribution < 1.29 is 13.2 Å². The highest BCUT2D eigenvalue weighted by atomic mass is 79.9. The maximum absolute atomic E-state index is 11.3. The number of nitrogens with two attached hydrogens (primary N) is 1. The van der Waals surface area contributed by atoms with Gasteiger partial charge in [0.05, 0.1) is 5.02 Å². The molecule has 0 atom stereocenters. The van der Waals surface area contributed by atoms with Crippen LogP contribution in [0.25, 0.3) is 0 Å². The first-order chi connectivity index (χ1) is 9.80. The van der Waals surface area contributed by atoms with Gasteiger partial charge in [-0.1, -0.05) is 57.3 Å². The summed E-state index contributed by atoms with van der Waals surface area (Å²) in [6.45, 7) is 0.256. The Morgan fingerprint density at radius 2 is 1.76 bits per heavy atom. The van der Waals surface area contributed by atoms with Gasteiger partial charge in [0, 0.05) is 10.0 Å². The van der Waals surface area contributed by atoms with Gasteiger partial charge in [0.1, 0.15) is 22.3 Å². The van der Waals surface area contributed by atoms with Crippen LogP contribution in [0.1, 0.15) is 5.56 Å². The summed E-state index contributed by atoms with van der Waals surface area (Å²) in [5.74, 6) is 0.282. The molecule has 21 heavy (non-hydrogen) atoms. The van der Waals surface area contributed by atoms with E-state index in [1.54, 1.807) is 0 Å². The lowest BCUT2D eigenvalue weighted by Crippen LogP contribution is -2.13. The third-order valence-corrected chi connectivity index (χ3v) is 5.36. The van der Waals surface area contributed by atoms with Crippen LogP contribution in [0.4, 0.5) is 0 Å². The zero-order chi connectivity index (χ0) is 15.6. The first-order valence-electron chi connectivity index (χ1n) is 5.67. The van der Waals surface area contributed by atoms with Gasteiger partial charge in [0.2, 0.25) is 10.0 Å². The second kappa shape index (κ2) is 6.54. The second-order valence-corrected chi connectivity index (χ2v) is 7.26.